The molecule has 1 aromatic rings. The Morgan fingerprint density at radius 1 is 1.20 bits per heavy atom. The van der Waals surface area contributed by atoms with Crippen molar-refractivity contribution in [2.45, 2.75) is 18.4 Å². The van der Waals surface area contributed by atoms with Crippen molar-refractivity contribution < 1.29 is 5.11 Å². The normalized spacial score (nSPS) is 36.4. The zero-order valence-corrected chi connectivity index (χ0v) is 10.7. The lowest BCUT2D eigenvalue weighted by molar-refractivity contribution is 0.0270. The molecule has 1 nitrogen and oxygen atoms in total. The van der Waals surface area contributed by atoms with E-state index >= 15 is 0 Å². The van der Waals surface area contributed by atoms with Gasteiger partial charge in [-0.3, -0.25) is 0 Å². The van der Waals surface area contributed by atoms with Crippen molar-refractivity contribution in [3.63, 3.8) is 0 Å². The zero-order valence-electron chi connectivity index (χ0n) is 9.02. The largest absolute Gasteiger partial charge is 0.385 e. The van der Waals surface area contributed by atoms with E-state index in [-0.39, 0.29) is 0 Å². The molecule has 0 aromatic heterocycles. The average Bonchev–Trinajstić information content (AvgIpc) is 2.24. The molecule has 0 radical (unpaired) electrons. The van der Waals surface area contributed by atoms with E-state index in [1.165, 1.54) is 0 Å². The summed E-state index contributed by atoms with van der Waals surface area (Å²) in [6, 6.07) is 8.89. The highest BCUT2D eigenvalue weighted by Crippen LogP contribution is 2.52. The van der Waals surface area contributed by atoms with Crippen LogP contribution in [0.4, 0.5) is 0 Å². The Hall–Kier alpha value is -0.170. The first-order valence-corrected chi connectivity index (χ1v) is 8.97. The SMILES string of the molecule is CP1(=S)CCC(O)(c2ccccc2)CC1. The minimum atomic E-state index is -1.11. The van der Waals surface area contributed by atoms with Crippen LogP contribution in [-0.4, -0.2) is 24.1 Å². The van der Waals surface area contributed by atoms with Gasteiger partial charge in [0, 0.05) is 0 Å². The van der Waals surface area contributed by atoms with Crippen LogP contribution in [0.15, 0.2) is 30.3 Å². The second-order valence-corrected chi connectivity index (χ2v) is 10.8. The van der Waals surface area contributed by atoms with Gasteiger partial charge in [0.15, 0.2) is 0 Å². The topological polar surface area (TPSA) is 20.2 Å². The Kier molecular flexibility index (Phi) is 3.03. The van der Waals surface area contributed by atoms with Crippen molar-refractivity contribution in [2.75, 3.05) is 19.0 Å². The minimum Gasteiger partial charge on any atom is -0.385 e. The van der Waals surface area contributed by atoms with Gasteiger partial charge in [-0.05, 0) is 43.4 Å². The highest BCUT2D eigenvalue weighted by Gasteiger charge is 2.35. The molecular weight excluding hydrogens is 223 g/mol. The summed E-state index contributed by atoms with van der Waals surface area (Å²) in [5.74, 6) is 0. The molecule has 0 saturated carbocycles. The number of benzene rings is 1. The molecule has 0 spiro atoms. The molecule has 0 amide bonds. The fourth-order valence-electron chi connectivity index (χ4n) is 2.12. The van der Waals surface area contributed by atoms with Gasteiger partial charge < -0.3 is 5.11 Å². The Labute approximate surface area is 96.5 Å². The number of rotatable bonds is 1. The van der Waals surface area contributed by atoms with Crippen LogP contribution in [0, 0.1) is 0 Å². The molecule has 15 heavy (non-hydrogen) atoms. The maximum atomic E-state index is 10.5. The first-order chi connectivity index (χ1) is 7.02. The molecule has 1 fully saturated rings. The highest BCUT2D eigenvalue weighted by molar-refractivity contribution is 8.14. The summed E-state index contributed by atoms with van der Waals surface area (Å²) in [4.78, 5) is 0. The van der Waals surface area contributed by atoms with Gasteiger partial charge in [-0.15, -0.1) is 0 Å². The molecule has 0 unspecified atom stereocenters. The highest BCUT2D eigenvalue weighted by atomic mass is 32.4. The summed E-state index contributed by atoms with van der Waals surface area (Å²) in [7, 11) is 0. The van der Waals surface area contributed by atoms with Crippen molar-refractivity contribution >= 4 is 17.8 Å². The Bertz CT molecular complexity index is 376. The second kappa shape index (κ2) is 4.01. The molecular formula is C12H17OPS. The van der Waals surface area contributed by atoms with Crippen LogP contribution in [0.2, 0.25) is 0 Å². The van der Waals surface area contributed by atoms with Gasteiger partial charge in [-0.2, -0.15) is 0 Å². The lowest BCUT2D eigenvalue weighted by atomic mass is 9.88. The molecule has 1 aromatic carbocycles. The third-order valence-corrected chi connectivity index (χ3v) is 6.74. The van der Waals surface area contributed by atoms with E-state index in [9.17, 15) is 5.11 Å². The van der Waals surface area contributed by atoms with Gasteiger partial charge in [0.1, 0.15) is 0 Å². The third kappa shape index (κ3) is 2.50. The fourth-order valence-corrected chi connectivity index (χ4v) is 4.57. The Balaban J connectivity index is 2.20. The van der Waals surface area contributed by atoms with Crippen LogP contribution >= 0.6 is 6.04 Å². The number of hydrogen-bond acceptors (Lipinski definition) is 2. The molecule has 2 rings (SSSR count). The van der Waals surface area contributed by atoms with Crippen LogP contribution in [0.5, 0.6) is 0 Å². The predicted molar refractivity (Wildman–Crippen MR) is 69.5 cm³/mol. The van der Waals surface area contributed by atoms with Gasteiger partial charge in [0.05, 0.1) is 5.60 Å². The van der Waals surface area contributed by atoms with Gasteiger partial charge in [-0.1, -0.05) is 42.1 Å². The lowest BCUT2D eigenvalue weighted by Crippen LogP contribution is -2.32. The quantitative estimate of drug-likeness (QED) is 0.762. The van der Waals surface area contributed by atoms with Crippen molar-refractivity contribution in [1.29, 1.82) is 0 Å². The Morgan fingerprint density at radius 3 is 2.27 bits per heavy atom. The van der Waals surface area contributed by atoms with Crippen LogP contribution < -0.4 is 0 Å². The van der Waals surface area contributed by atoms with Crippen molar-refractivity contribution in [3.05, 3.63) is 35.9 Å². The van der Waals surface area contributed by atoms with E-state index in [0.29, 0.717) is 0 Å². The monoisotopic (exact) mass is 240 g/mol. The summed E-state index contributed by atoms with van der Waals surface area (Å²) in [6.07, 6.45) is 3.75. The van der Waals surface area contributed by atoms with Gasteiger partial charge in [0.2, 0.25) is 0 Å². The van der Waals surface area contributed by atoms with E-state index < -0.39 is 11.6 Å². The lowest BCUT2D eigenvalue weighted by Gasteiger charge is -2.37. The summed E-state index contributed by atoms with van der Waals surface area (Å²) in [6.45, 7) is 2.22. The molecule has 0 bridgehead atoms. The molecule has 1 heterocycles. The number of hydrogen-bond donors (Lipinski definition) is 1. The molecule has 1 N–H and O–H groups in total. The standard InChI is InChI=1S/C12H17OPS/c1-14(15)9-7-12(13,8-10-14)11-5-3-2-4-6-11/h2-6,13H,7-10H2,1H3. The van der Waals surface area contributed by atoms with Gasteiger partial charge in [-0.25, -0.2) is 0 Å². The average molecular weight is 240 g/mol. The molecule has 82 valence electrons. The zero-order chi connectivity index (χ0) is 10.9. The predicted octanol–water partition coefficient (Wildman–Crippen LogP) is 2.78. The van der Waals surface area contributed by atoms with Crippen LogP contribution in [-0.2, 0) is 17.4 Å². The van der Waals surface area contributed by atoms with Crippen molar-refractivity contribution in [3.8, 4) is 0 Å². The summed E-state index contributed by atoms with van der Waals surface area (Å²) in [5.41, 5.74) is 0.444. The third-order valence-electron chi connectivity index (χ3n) is 3.31. The van der Waals surface area contributed by atoms with Crippen molar-refractivity contribution in [1.82, 2.24) is 0 Å². The van der Waals surface area contributed by atoms with E-state index in [0.717, 1.165) is 30.7 Å². The molecule has 1 aliphatic heterocycles. The van der Waals surface area contributed by atoms with Crippen LogP contribution in [0.1, 0.15) is 18.4 Å². The maximum Gasteiger partial charge on any atom is 0.0903 e. The van der Waals surface area contributed by atoms with Crippen LogP contribution in [0.25, 0.3) is 0 Å². The molecule has 1 saturated heterocycles. The summed E-state index contributed by atoms with van der Waals surface area (Å²) in [5, 5.41) is 10.5. The molecule has 0 aliphatic carbocycles. The minimum absolute atomic E-state index is 0.612. The summed E-state index contributed by atoms with van der Waals surface area (Å²) >= 11 is 5.55. The molecule has 3 heteroatoms. The fraction of sp³-hybridized carbons (Fsp3) is 0.500. The van der Waals surface area contributed by atoms with E-state index in [4.69, 9.17) is 11.8 Å². The molecule has 0 atom stereocenters. The van der Waals surface area contributed by atoms with E-state index in [1.54, 1.807) is 0 Å². The van der Waals surface area contributed by atoms with Gasteiger partial charge in [0.25, 0.3) is 0 Å². The first-order valence-electron chi connectivity index (χ1n) is 5.35. The second-order valence-electron chi connectivity index (χ2n) is 4.64. The van der Waals surface area contributed by atoms with Gasteiger partial charge >= 0.3 is 0 Å². The first kappa shape index (κ1) is 11.3. The summed E-state index contributed by atoms with van der Waals surface area (Å²) < 4.78 is 0. The molecule has 1 aliphatic rings. The van der Waals surface area contributed by atoms with E-state index in [2.05, 4.69) is 6.66 Å². The Morgan fingerprint density at radius 2 is 1.73 bits per heavy atom. The van der Waals surface area contributed by atoms with Crippen molar-refractivity contribution in [2.24, 2.45) is 0 Å². The van der Waals surface area contributed by atoms with E-state index in [1.807, 2.05) is 30.3 Å². The van der Waals surface area contributed by atoms with Crippen LogP contribution in [0.3, 0.4) is 0 Å². The number of aliphatic hydroxyl groups is 1. The maximum absolute atomic E-state index is 10.5. The smallest absolute Gasteiger partial charge is 0.0903 e.